The van der Waals surface area contributed by atoms with E-state index < -0.39 is 0 Å². The van der Waals surface area contributed by atoms with Crippen molar-refractivity contribution in [1.82, 2.24) is 0 Å². The molecule has 14 rings (SSSR count). The van der Waals surface area contributed by atoms with E-state index in [2.05, 4.69) is 192 Å². The van der Waals surface area contributed by atoms with Crippen LogP contribution in [0.4, 0.5) is 22.7 Å². The summed E-state index contributed by atoms with van der Waals surface area (Å²) >= 11 is 0. The summed E-state index contributed by atoms with van der Waals surface area (Å²) in [4.78, 5) is 5.19. The van der Waals surface area contributed by atoms with E-state index in [4.69, 9.17) is 13.3 Å². The molecule has 0 spiro atoms. The van der Waals surface area contributed by atoms with E-state index in [1.165, 1.54) is 49.3 Å². The van der Waals surface area contributed by atoms with E-state index in [0.717, 1.165) is 137 Å². The minimum Gasteiger partial charge on any atom is -0.456 e. The van der Waals surface area contributed by atoms with E-state index in [0.29, 0.717) is 12.1 Å². The number of hydrogen-bond donors (Lipinski definition) is 0. The zero-order valence-electron chi connectivity index (χ0n) is 38.7. The van der Waals surface area contributed by atoms with Crippen molar-refractivity contribution in [2.75, 3.05) is 9.80 Å². The Balaban J connectivity index is 0.947. The van der Waals surface area contributed by atoms with Crippen LogP contribution in [0.1, 0.15) is 64.2 Å². The van der Waals surface area contributed by atoms with Crippen LogP contribution in [-0.4, -0.2) is 12.1 Å². The molecular weight excluding hydrogens is 845 g/mol. The van der Waals surface area contributed by atoms with Gasteiger partial charge in [-0.2, -0.15) is 0 Å². The highest BCUT2D eigenvalue weighted by Crippen LogP contribution is 2.49. The number of furan rings is 3. The van der Waals surface area contributed by atoms with Crippen LogP contribution in [0.5, 0.6) is 0 Å². The van der Waals surface area contributed by atoms with Gasteiger partial charge in [0.25, 0.3) is 0 Å². The van der Waals surface area contributed by atoms with Crippen LogP contribution in [0.25, 0.3) is 98.8 Å². The Morgan fingerprint density at radius 3 is 1.38 bits per heavy atom. The molecule has 0 amide bonds. The minimum absolute atomic E-state index is 0.303. The lowest BCUT2D eigenvalue weighted by Gasteiger charge is -2.37. The first-order chi connectivity index (χ1) is 34.2. The molecule has 69 heavy (non-hydrogen) atoms. The smallest absolute Gasteiger partial charge is 0.159 e. The van der Waals surface area contributed by atoms with E-state index >= 15 is 0 Å². The van der Waals surface area contributed by atoms with E-state index in [9.17, 15) is 0 Å². The molecule has 3 aromatic heterocycles. The van der Waals surface area contributed by atoms with Crippen molar-refractivity contribution >= 4 is 99.3 Å². The minimum atomic E-state index is 0.303. The molecule has 0 unspecified atom stereocenters. The Kier molecular flexibility index (Phi) is 9.63. The van der Waals surface area contributed by atoms with Gasteiger partial charge in [-0.1, -0.05) is 184 Å². The van der Waals surface area contributed by atoms with Crippen molar-refractivity contribution in [3.63, 3.8) is 0 Å². The second-order valence-corrected chi connectivity index (χ2v) is 19.5. The number of anilines is 4. The average molecular weight is 897 g/mol. The Morgan fingerprint density at radius 2 is 0.797 bits per heavy atom. The lowest BCUT2D eigenvalue weighted by atomic mass is 9.92. The molecule has 336 valence electrons. The highest BCUT2D eigenvalue weighted by molar-refractivity contribution is 6.23. The van der Waals surface area contributed by atoms with Gasteiger partial charge in [0, 0.05) is 78.7 Å². The fourth-order valence-electron chi connectivity index (χ4n) is 12.4. The summed E-state index contributed by atoms with van der Waals surface area (Å²) < 4.78 is 21.4. The van der Waals surface area contributed by atoms with Gasteiger partial charge < -0.3 is 23.1 Å². The molecule has 0 saturated heterocycles. The van der Waals surface area contributed by atoms with Crippen molar-refractivity contribution in [2.24, 2.45) is 0 Å². The van der Waals surface area contributed by atoms with Gasteiger partial charge in [-0.25, -0.2) is 0 Å². The molecule has 2 saturated carbocycles. The normalized spacial score (nSPS) is 15.1. The molecule has 2 fully saturated rings. The summed E-state index contributed by atoms with van der Waals surface area (Å²) in [6, 6.07) is 66.6. The van der Waals surface area contributed by atoms with Crippen LogP contribution in [-0.2, 0) is 0 Å². The van der Waals surface area contributed by atoms with Crippen molar-refractivity contribution < 1.29 is 13.3 Å². The molecule has 2 aliphatic rings. The zero-order valence-corrected chi connectivity index (χ0v) is 38.7. The molecule has 12 aromatic rings. The summed E-state index contributed by atoms with van der Waals surface area (Å²) in [5.74, 6) is 0. The quantitative estimate of drug-likeness (QED) is 0.152. The van der Waals surface area contributed by atoms with Gasteiger partial charge in [0.1, 0.15) is 22.3 Å². The summed E-state index contributed by atoms with van der Waals surface area (Å²) in [6.45, 7) is 0. The molecule has 0 aliphatic heterocycles. The van der Waals surface area contributed by atoms with Crippen molar-refractivity contribution in [1.29, 1.82) is 0 Å². The molecule has 5 heteroatoms. The topological polar surface area (TPSA) is 45.9 Å². The van der Waals surface area contributed by atoms with E-state index in [-0.39, 0.29) is 0 Å². The maximum atomic E-state index is 7.19. The third-order valence-electron chi connectivity index (χ3n) is 15.6. The number of hydrogen-bond acceptors (Lipinski definition) is 5. The summed E-state index contributed by atoms with van der Waals surface area (Å²) in [5, 5.41) is 9.27. The van der Waals surface area contributed by atoms with Crippen LogP contribution in [0, 0.1) is 0 Å². The van der Waals surface area contributed by atoms with E-state index in [1.54, 1.807) is 0 Å². The number of rotatable bonds is 8. The molecular formula is C64H52N2O3. The number of fused-ring (bicyclic) bond motifs is 11. The fourth-order valence-corrected chi connectivity index (χ4v) is 12.4. The Morgan fingerprint density at radius 1 is 0.319 bits per heavy atom. The van der Waals surface area contributed by atoms with Crippen molar-refractivity contribution in [3.8, 4) is 22.3 Å². The molecule has 3 heterocycles. The van der Waals surface area contributed by atoms with Crippen LogP contribution >= 0.6 is 0 Å². The maximum Gasteiger partial charge on any atom is 0.159 e. The Bertz CT molecular complexity index is 3890. The van der Waals surface area contributed by atoms with Gasteiger partial charge in [0.15, 0.2) is 11.2 Å². The zero-order chi connectivity index (χ0) is 45.4. The van der Waals surface area contributed by atoms with Gasteiger partial charge in [-0.3, -0.25) is 0 Å². The second kappa shape index (κ2) is 16.5. The van der Waals surface area contributed by atoms with E-state index in [1.807, 2.05) is 0 Å². The van der Waals surface area contributed by atoms with Crippen LogP contribution in [0.15, 0.2) is 195 Å². The Hall–Kier alpha value is -7.76. The number of nitrogens with zero attached hydrogens (tertiary/aromatic N) is 2. The third kappa shape index (κ3) is 6.58. The molecule has 0 radical (unpaired) electrons. The summed E-state index contributed by atoms with van der Waals surface area (Å²) in [6.07, 6.45) is 11.9. The Labute approximate surface area is 401 Å². The summed E-state index contributed by atoms with van der Waals surface area (Å²) in [5.41, 5.74) is 14.6. The molecule has 9 aromatic carbocycles. The van der Waals surface area contributed by atoms with Gasteiger partial charge in [0.05, 0.1) is 17.1 Å². The summed E-state index contributed by atoms with van der Waals surface area (Å²) in [7, 11) is 0. The molecule has 2 aliphatic carbocycles. The number of para-hydroxylation sites is 4. The predicted molar refractivity (Wildman–Crippen MR) is 288 cm³/mol. The second-order valence-electron chi connectivity index (χ2n) is 19.5. The van der Waals surface area contributed by atoms with Gasteiger partial charge >= 0.3 is 0 Å². The fraction of sp³-hybridized carbons (Fsp3) is 0.188. The molecule has 0 atom stereocenters. The average Bonchev–Trinajstić information content (AvgIpc) is 4.12. The highest BCUT2D eigenvalue weighted by atomic mass is 16.3. The first-order valence-corrected chi connectivity index (χ1v) is 25.2. The predicted octanol–water partition coefficient (Wildman–Crippen LogP) is 18.8. The van der Waals surface area contributed by atoms with Crippen molar-refractivity contribution in [3.05, 3.63) is 182 Å². The third-order valence-corrected chi connectivity index (χ3v) is 15.6. The highest BCUT2D eigenvalue weighted by Gasteiger charge is 2.31. The van der Waals surface area contributed by atoms with Gasteiger partial charge in [-0.15, -0.1) is 0 Å². The van der Waals surface area contributed by atoms with Gasteiger partial charge in [0.2, 0.25) is 0 Å². The SMILES string of the molecule is c1ccc(-c2cccc3c2oc2c(N(c4ccc5c(c4)oc4cc(N(c6cccc7c6oc6c(-c8ccccc8)cccc67)C6CCCCC6)c6ccccc6c45)C4CCCCC4)cccc23)cc1. The largest absolute Gasteiger partial charge is 0.456 e. The van der Waals surface area contributed by atoms with Crippen LogP contribution in [0.2, 0.25) is 0 Å². The maximum absolute atomic E-state index is 7.19. The standard InChI is InChI=1S/C64H52N2O3/c1-5-19-41(20-6-1)46-29-15-31-50-52-33-17-35-55(63(52)68-61(46)50)65(43-23-9-3-10-24-43)45-37-38-54-58(39-45)67-59-40-57(48-27-13-14-28-49(48)60(54)59)66(44-25-11-4-12-26-44)56-36-18-34-53-51-32-16-30-47(62(51)69-64(53)56)42-21-7-2-8-22-42/h1-2,5-8,13-22,27-40,43-44H,3-4,9-12,23-26H2. The first kappa shape index (κ1) is 40.3. The van der Waals surface area contributed by atoms with Crippen LogP contribution < -0.4 is 9.80 Å². The lowest BCUT2D eigenvalue weighted by molar-refractivity contribution is 0.435. The number of benzene rings is 9. The van der Waals surface area contributed by atoms with Crippen LogP contribution in [0.3, 0.4) is 0 Å². The molecule has 0 bridgehead atoms. The molecule has 0 N–H and O–H groups in total. The molecule has 5 nitrogen and oxygen atoms in total. The monoisotopic (exact) mass is 896 g/mol. The lowest BCUT2D eigenvalue weighted by Crippen LogP contribution is -2.33. The van der Waals surface area contributed by atoms with Gasteiger partial charge in [-0.05, 0) is 66.5 Å². The first-order valence-electron chi connectivity index (χ1n) is 25.2. The van der Waals surface area contributed by atoms with Crippen molar-refractivity contribution in [2.45, 2.75) is 76.3 Å².